The summed E-state index contributed by atoms with van der Waals surface area (Å²) in [6.07, 6.45) is 1.93. The highest BCUT2D eigenvalue weighted by Gasteiger charge is 2.36. The highest BCUT2D eigenvalue weighted by Crippen LogP contribution is 2.40. The standard InChI is InChI=1S/C14H16Cl3FN2O/c1-9-4-5-10(8-11(9)18)12(14(15,16)17)19-13(21)20-6-2-3-7-20/h4-5,8,12H,2-3,6-7H2,1H3,(H,19,21)/t12-/m0/s1. The zero-order valence-electron chi connectivity index (χ0n) is 11.5. The van der Waals surface area contributed by atoms with Gasteiger partial charge < -0.3 is 10.2 Å². The van der Waals surface area contributed by atoms with Gasteiger partial charge in [-0.2, -0.15) is 0 Å². The van der Waals surface area contributed by atoms with Gasteiger partial charge in [-0.15, -0.1) is 0 Å². The molecule has 7 heteroatoms. The molecule has 21 heavy (non-hydrogen) atoms. The first-order valence-corrected chi connectivity index (χ1v) is 7.80. The van der Waals surface area contributed by atoms with Crippen molar-refractivity contribution >= 4 is 40.8 Å². The number of rotatable bonds is 2. The monoisotopic (exact) mass is 352 g/mol. The van der Waals surface area contributed by atoms with Crippen molar-refractivity contribution in [2.45, 2.75) is 29.6 Å². The molecule has 0 aromatic heterocycles. The minimum Gasteiger partial charge on any atom is -0.327 e. The molecule has 0 unspecified atom stereocenters. The molecule has 2 amide bonds. The van der Waals surface area contributed by atoms with Crippen LogP contribution in [0.5, 0.6) is 0 Å². The van der Waals surface area contributed by atoms with E-state index in [0.29, 0.717) is 24.2 Å². The summed E-state index contributed by atoms with van der Waals surface area (Å²) in [5, 5.41) is 2.69. The van der Waals surface area contributed by atoms with Gasteiger partial charge in [0, 0.05) is 13.1 Å². The van der Waals surface area contributed by atoms with Crippen LogP contribution < -0.4 is 5.32 Å². The van der Waals surface area contributed by atoms with Gasteiger partial charge in [-0.3, -0.25) is 0 Å². The Kier molecular flexibility index (Phi) is 5.23. The van der Waals surface area contributed by atoms with Gasteiger partial charge in [0.1, 0.15) is 11.9 Å². The second-order valence-corrected chi connectivity index (χ2v) is 7.50. The van der Waals surface area contributed by atoms with Crippen LogP contribution in [0.25, 0.3) is 0 Å². The highest BCUT2D eigenvalue weighted by molar-refractivity contribution is 6.68. The van der Waals surface area contributed by atoms with Crippen molar-refractivity contribution in [2.75, 3.05) is 13.1 Å². The van der Waals surface area contributed by atoms with E-state index in [1.165, 1.54) is 6.07 Å². The number of aryl methyl sites for hydroxylation is 1. The number of urea groups is 1. The van der Waals surface area contributed by atoms with Crippen molar-refractivity contribution in [2.24, 2.45) is 0 Å². The number of amides is 2. The van der Waals surface area contributed by atoms with E-state index in [0.717, 1.165) is 12.8 Å². The molecular weight excluding hydrogens is 338 g/mol. The Morgan fingerprint density at radius 2 is 1.95 bits per heavy atom. The lowest BCUT2D eigenvalue weighted by Gasteiger charge is -2.28. The maximum absolute atomic E-state index is 13.7. The minimum atomic E-state index is -1.77. The van der Waals surface area contributed by atoms with Crippen LogP contribution in [-0.4, -0.2) is 27.8 Å². The molecule has 1 heterocycles. The molecule has 3 nitrogen and oxygen atoms in total. The zero-order valence-corrected chi connectivity index (χ0v) is 13.8. The Balaban J connectivity index is 2.22. The number of carbonyl (C=O) groups is 1. The number of likely N-dealkylation sites (tertiary alicyclic amines) is 1. The predicted molar refractivity (Wildman–Crippen MR) is 83.5 cm³/mol. The lowest BCUT2D eigenvalue weighted by molar-refractivity contribution is 0.204. The normalized spacial score (nSPS) is 16.9. The molecule has 2 rings (SSSR count). The molecule has 1 aliphatic rings. The van der Waals surface area contributed by atoms with E-state index in [1.807, 2.05) is 0 Å². The summed E-state index contributed by atoms with van der Waals surface area (Å²) >= 11 is 17.9. The van der Waals surface area contributed by atoms with Crippen LogP contribution in [0.4, 0.5) is 9.18 Å². The maximum atomic E-state index is 13.7. The van der Waals surface area contributed by atoms with Gasteiger partial charge >= 0.3 is 6.03 Å². The Labute approximate surface area is 138 Å². The van der Waals surface area contributed by atoms with E-state index in [1.54, 1.807) is 24.0 Å². The number of hydrogen-bond donors (Lipinski definition) is 1. The number of alkyl halides is 3. The molecule has 1 N–H and O–H groups in total. The van der Waals surface area contributed by atoms with Crippen LogP contribution in [-0.2, 0) is 0 Å². The second kappa shape index (κ2) is 6.59. The Morgan fingerprint density at radius 3 is 2.48 bits per heavy atom. The Hall–Kier alpha value is -0.710. The quantitative estimate of drug-likeness (QED) is 0.788. The maximum Gasteiger partial charge on any atom is 0.318 e. The molecule has 0 aliphatic carbocycles. The molecule has 1 aliphatic heterocycles. The molecular formula is C14H16Cl3FN2O. The van der Waals surface area contributed by atoms with Crippen molar-refractivity contribution < 1.29 is 9.18 Å². The number of carbonyl (C=O) groups excluding carboxylic acids is 1. The molecule has 1 atom stereocenters. The van der Waals surface area contributed by atoms with E-state index >= 15 is 0 Å². The summed E-state index contributed by atoms with van der Waals surface area (Å²) in [6.45, 7) is 3.01. The Bertz CT molecular complexity index is 527. The zero-order chi connectivity index (χ0) is 15.6. The van der Waals surface area contributed by atoms with Gasteiger partial charge in [0.2, 0.25) is 3.79 Å². The van der Waals surface area contributed by atoms with Crippen LogP contribution in [0.3, 0.4) is 0 Å². The molecule has 1 saturated heterocycles. The van der Waals surface area contributed by atoms with Crippen LogP contribution in [0.15, 0.2) is 18.2 Å². The first-order valence-electron chi connectivity index (χ1n) is 6.67. The molecule has 1 fully saturated rings. The molecule has 0 saturated carbocycles. The van der Waals surface area contributed by atoms with Crippen molar-refractivity contribution in [3.8, 4) is 0 Å². The molecule has 116 valence electrons. The third kappa shape index (κ3) is 4.15. The van der Waals surface area contributed by atoms with Crippen molar-refractivity contribution in [3.63, 3.8) is 0 Å². The summed E-state index contributed by atoms with van der Waals surface area (Å²) in [5.74, 6) is -0.401. The Morgan fingerprint density at radius 1 is 1.33 bits per heavy atom. The fourth-order valence-corrected chi connectivity index (χ4v) is 2.82. The number of hydrogen-bond acceptors (Lipinski definition) is 1. The number of nitrogens with one attached hydrogen (secondary N) is 1. The lowest BCUT2D eigenvalue weighted by Crippen LogP contribution is -2.43. The third-order valence-corrected chi connectivity index (χ3v) is 4.17. The fraction of sp³-hybridized carbons (Fsp3) is 0.500. The average molecular weight is 354 g/mol. The van der Waals surface area contributed by atoms with Gasteiger partial charge in [0.05, 0.1) is 0 Å². The first-order chi connectivity index (χ1) is 9.79. The summed E-state index contributed by atoms with van der Waals surface area (Å²) < 4.78 is 11.9. The summed E-state index contributed by atoms with van der Waals surface area (Å²) in [4.78, 5) is 13.8. The van der Waals surface area contributed by atoms with Crippen LogP contribution >= 0.6 is 34.8 Å². The first kappa shape index (κ1) is 16.7. The number of benzene rings is 1. The second-order valence-electron chi connectivity index (χ2n) is 5.13. The average Bonchev–Trinajstić information content (AvgIpc) is 2.92. The van der Waals surface area contributed by atoms with Crippen molar-refractivity contribution in [1.82, 2.24) is 10.2 Å². The smallest absolute Gasteiger partial charge is 0.318 e. The molecule has 1 aromatic carbocycles. The van der Waals surface area contributed by atoms with Gasteiger partial charge in [0.15, 0.2) is 0 Å². The van der Waals surface area contributed by atoms with E-state index in [-0.39, 0.29) is 6.03 Å². The van der Waals surface area contributed by atoms with E-state index in [9.17, 15) is 9.18 Å². The van der Waals surface area contributed by atoms with Gasteiger partial charge in [-0.05, 0) is 37.0 Å². The van der Waals surface area contributed by atoms with Gasteiger partial charge in [-0.1, -0.05) is 46.9 Å². The molecule has 1 aromatic rings. The summed E-state index contributed by atoms with van der Waals surface area (Å²) in [7, 11) is 0. The number of halogens is 4. The lowest BCUT2D eigenvalue weighted by atomic mass is 10.1. The topological polar surface area (TPSA) is 32.3 Å². The van der Waals surface area contributed by atoms with Crippen molar-refractivity contribution in [1.29, 1.82) is 0 Å². The van der Waals surface area contributed by atoms with E-state index in [2.05, 4.69) is 5.32 Å². The molecule has 0 bridgehead atoms. The summed E-state index contributed by atoms with van der Waals surface area (Å²) in [5.41, 5.74) is 0.915. The molecule has 0 spiro atoms. The minimum absolute atomic E-state index is 0.301. The van der Waals surface area contributed by atoms with Crippen molar-refractivity contribution in [3.05, 3.63) is 35.1 Å². The van der Waals surface area contributed by atoms with Gasteiger partial charge in [-0.25, -0.2) is 9.18 Å². The third-order valence-electron chi connectivity index (χ3n) is 3.52. The fourth-order valence-electron chi connectivity index (χ4n) is 2.28. The van der Waals surface area contributed by atoms with Gasteiger partial charge in [0.25, 0.3) is 0 Å². The van der Waals surface area contributed by atoms with E-state index < -0.39 is 15.7 Å². The van der Waals surface area contributed by atoms with Crippen LogP contribution in [0.1, 0.15) is 30.0 Å². The SMILES string of the molecule is Cc1ccc([C@H](NC(=O)N2CCCC2)C(Cl)(Cl)Cl)cc1F. The van der Waals surface area contributed by atoms with Crippen LogP contribution in [0, 0.1) is 12.7 Å². The number of nitrogens with zero attached hydrogens (tertiary/aromatic N) is 1. The highest BCUT2D eigenvalue weighted by atomic mass is 35.6. The van der Waals surface area contributed by atoms with E-state index in [4.69, 9.17) is 34.8 Å². The molecule has 0 radical (unpaired) electrons. The predicted octanol–water partition coefficient (Wildman–Crippen LogP) is 4.35. The summed E-state index contributed by atoms with van der Waals surface area (Å²) in [6, 6.07) is 3.31. The van der Waals surface area contributed by atoms with Crippen LogP contribution in [0.2, 0.25) is 0 Å². The largest absolute Gasteiger partial charge is 0.327 e.